The number of halogens is 1. The molecule has 0 spiro atoms. The average Bonchev–Trinajstić information content (AvgIpc) is 3.17. The van der Waals surface area contributed by atoms with Crippen LogP contribution in [0.3, 0.4) is 0 Å². The summed E-state index contributed by atoms with van der Waals surface area (Å²) < 4.78 is 11.1. The van der Waals surface area contributed by atoms with Gasteiger partial charge in [-0.15, -0.1) is 10.2 Å². The Labute approximate surface area is 192 Å². The Bertz CT molecular complexity index is 967. The largest absolute Gasteiger partial charge is 0.372 e. The zero-order valence-corrected chi connectivity index (χ0v) is 19.8. The molecule has 1 N–H and O–H groups in total. The van der Waals surface area contributed by atoms with Crippen LogP contribution in [0.2, 0.25) is 5.02 Å². The minimum atomic E-state index is -0.299. The smallest absolute Gasteiger partial charge is 0.234 e. The summed E-state index contributed by atoms with van der Waals surface area (Å²) in [5.41, 5.74) is 2.04. The zero-order valence-electron chi connectivity index (χ0n) is 18.2. The van der Waals surface area contributed by atoms with Crippen molar-refractivity contribution in [3.8, 4) is 11.4 Å². The number of pyridine rings is 1. The SMILES string of the molecule is CCCCCn1c(NS[C@@H](C)C(OC)c2ncc(Cl)cn2)nnc1-c1cncc(C)c1. The fourth-order valence-electron chi connectivity index (χ4n) is 3.18. The summed E-state index contributed by atoms with van der Waals surface area (Å²) in [6.07, 6.45) is 9.86. The van der Waals surface area contributed by atoms with Crippen molar-refractivity contribution in [2.24, 2.45) is 0 Å². The Morgan fingerprint density at radius 2 is 1.94 bits per heavy atom. The molecule has 0 fully saturated rings. The normalized spacial score (nSPS) is 13.2. The molecule has 2 atom stereocenters. The standard InChI is InChI=1S/C21H28ClN7OS/c1-5-6-7-8-29-20(16-9-14(2)10-23-11-16)26-27-21(29)28-31-15(3)18(30-4)19-24-12-17(22)13-25-19/h9-13,15,18H,5-8H2,1-4H3,(H,27,28)/t15-,18?/m0/s1. The second-order valence-corrected chi connectivity index (χ2v) is 8.92. The predicted octanol–water partition coefficient (Wildman–Crippen LogP) is 5.12. The fourth-order valence-corrected chi connectivity index (χ4v) is 4.08. The molecule has 0 saturated heterocycles. The van der Waals surface area contributed by atoms with Crippen LogP contribution in [0.25, 0.3) is 11.4 Å². The maximum atomic E-state index is 5.91. The van der Waals surface area contributed by atoms with Crippen LogP contribution in [0.5, 0.6) is 0 Å². The number of anilines is 1. The van der Waals surface area contributed by atoms with Crippen molar-refractivity contribution >= 4 is 29.5 Å². The first kappa shape index (κ1) is 23.4. The van der Waals surface area contributed by atoms with E-state index in [4.69, 9.17) is 16.3 Å². The van der Waals surface area contributed by atoms with E-state index in [1.54, 1.807) is 19.5 Å². The first-order valence-corrected chi connectivity index (χ1v) is 11.6. The van der Waals surface area contributed by atoms with Crippen molar-refractivity contribution in [1.82, 2.24) is 29.7 Å². The van der Waals surface area contributed by atoms with Crippen molar-refractivity contribution in [3.05, 3.63) is 47.3 Å². The van der Waals surface area contributed by atoms with E-state index in [2.05, 4.69) is 47.4 Å². The first-order valence-electron chi connectivity index (χ1n) is 10.3. The number of aryl methyl sites for hydroxylation is 1. The molecule has 0 saturated carbocycles. The number of hydrogen-bond donors (Lipinski definition) is 1. The maximum absolute atomic E-state index is 5.91. The molecular formula is C21H28ClN7OS. The molecule has 0 amide bonds. The molecule has 0 bridgehead atoms. The van der Waals surface area contributed by atoms with Gasteiger partial charge in [0.05, 0.1) is 10.3 Å². The van der Waals surface area contributed by atoms with Gasteiger partial charge in [0.2, 0.25) is 5.95 Å². The van der Waals surface area contributed by atoms with Gasteiger partial charge in [0.15, 0.2) is 11.6 Å². The molecule has 8 nitrogen and oxygen atoms in total. The molecule has 0 aliphatic rings. The number of methoxy groups -OCH3 is 1. The number of hydrogen-bond acceptors (Lipinski definition) is 8. The van der Waals surface area contributed by atoms with Gasteiger partial charge in [0.25, 0.3) is 0 Å². The van der Waals surface area contributed by atoms with Gasteiger partial charge in [-0.05, 0) is 43.8 Å². The highest BCUT2D eigenvalue weighted by molar-refractivity contribution is 8.01. The topological polar surface area (TPSA) is 90.6 Å². The summed E-state index contributed by atoms with van der Waals surface area (Å²) in [6, 6.07) is 2.08. The van der Waals surface area contributed by atoms with Gasteiger partial charge in [0.1, 0.15) is 6.10 Å². The van der Waals surface area contributed by atoms with Gasteiger partial charge in [-0.2, -0.15) is 0 Å². The van der Waals surface area contributed by atoms with Gasteiger partial charge in [-0.1, -0.05) is 31.4 Å². The molecule has 0 aromatic carbocycles. The minimum absolute atomic E-state index is 0.0102. The molecule has 1 unspecified atom stereocenters. The Morgan fingerprint density at radius 3 is 2.61 bits per heavy atom. The summed E-state index contributed by atoms with van der Waals surface area (Å²) in [5, 5.41) is 9.36. The molecule has 3 heterocycles. The Balaban J connectivity index is 1.77. The molecule has 0 radical (unpaired) electrons. The summed E-state index contributed by atoms with van der Waals surface area (Å²) in [4.78, 5) is 12.9. The number of nitrogens with zero attached hydrogens (tertiary/aromatic N) is 6. The lowest BCUT2D eigenvalue weighted by molar-refractivity contribution is 0.0972. The van der Waals surface area contributed by atoms with Crippen LogP contribution in [0.15, 0.2) is 30.9 Å². The van der Waals surface area contributed by atoms with E-state index in [0.717, 1.165) is 42.8 Å². The molecule has 31 heavy (non-hydrogen) atoms. The summed E-state index contributed by atoms with van der Waals surface area (Å²) >= 11 is 7.41. The van der Waals surface area contributed by atoms with Crippen LogP contribution in [-0.2, 0) is 11.3 Å². The van der Waals surface area contributed by atoms with Gasteiger partial charge in [-0.25, -0.2) is 9.97 Å². The second kappa shape index (κ2) is 11.4. The fraction of sp³-hybridized carbons (Fsp3) is 0.476. The van der Waals surface area contributed by atoms with Crippen LogP contribution in [0, 0.1) is 6.92 Å². The Hall–Kier alpha value is -2.23. The lowest BCUT2D eigenvalue weighted by Crippen LogP contribution is -2.19. The summed E-state index contributed by atoms with van der Waals surface area (Å²) in [5.74, 6) is 2.10. The average molecular weight is 462 g/mol. The number of unbranched alkanes of at least 4 members (excludes halogenated alkanes) is 2. The van der Waals surface area contributed by atoms with Crippen molar-refractivity contribution in [2.75, 3.05) is 11.8 Å². The van der Waals surface area contributed by atoms with Crippen LogP contribution in [0.1, 0.15) is 50.6 Å². The highest BCUT2D eigenvalue weighted by atomic mass is 35.5. The second-order valence-electron chi connectivity index (χ2n) is 7.30. The molecular weight excluding hydrogens is 434 g/mol. The van der Waals surface area contributed by atoms with E-state index >= 15 is 0 Å². The monoisotopic (exact) mass is 461 g/mol. The first-order chi connectivity index (χ1) is 15.0. The number of nitrogens with one attached hydrogen (secondary N) is 1. The molecule has 3 aromatic heterocycles. The number of ether oxygens (including phenoxy) is 1. The molecule has 0 aliphatic carbocycles. The number of aromatic nitrogens is 6. The van der Waals surface area contributed by atoms with E-state index in [0.29, 0.717) is 16.8 Å². The van der Waals surface area contributed by atoms with Crippen molar-refractivity contribution in [1.29, 1.82) is 0 Å². The van der Waals surface area contributed by atoms with Crippen LogP contribution >= 0.6 is 23.5 Å². The van der Waals surface area contributed by atoms with Crippen molar-refractivity contribution < 1.29 is 4.74 Å². The van der Waals surface area contributed by atoms with Gasteiger partial charge in [0, 0.05) is 44.0 Å². The lowest BCUT2D eigenvalue weighted by atomic mass is 10.2. The van der Waals surface area contributed by atoms with Crippen LogP contribution in [-0.4, -0.2) is 42.1 Å². The number of rotatable bonds is 11. The van der Waals surface area contributed by atoms with Crippen LogP contribution < -0.4 is 4.72 Å². The molecule has 0 aliphatic heterocycles. The third-order valence-corrected chi connectivity index (χ3v) is 5.89. The van der Waals surface area contributed by atoms with E-state index in [1.165, 1.54) is 11.9 Å². The third kappa shape index (κ3) is 6.15. The zero-order chi connectivity index (χ0) is 22.2. The van der Waals surface area contributed by atoms with Gasteiger partial charge < -0.3 is 4.74 Å². The van der Waals surface area contributed by atoms with E-state index in [-0.39, 0.29) is 11.4 Å². The van der Waals surface area contributed by atoms with Gasteiger partial charge >= 0.3 is 0 Å². The Morgan fingerprint density at radius 1 is 1.16 bits per heavy atom. The van der Waals surface area contributed by atoms with Crippen molar-refractivity contribution in [3.63, 3.8) is 0 Å². The van der Waals surface area contributed by atoms with Crippen molar-refractivity contribution in [2.45, 2.75) is 57.9 Å². The van der Waals surface area contributed by atoms with E-state index in [1.807, 2.05) is 26.2 Å². The maximum Gasteiger partial charge on any atom is 0.234 e. The quantitative estimate of drug-likeness (QED) is 0.311. The van der Waals surface area contributed by atoms with E-state index < -0.39 is 0 Å². The molecule has 166 valence electrons. The highest BCUT2D eigenvalue weighted by Gasteiger charge is 2.24. The van der Waals surface area contributed by atoms with Crippen LogP contribution in [0.4, 0.5) is 5.95 Å². The minimum Gasteiger partial charge on any atom is -0.372 e. The molecule has 3 rings (SSSR count). The molecule has 3 aromatic rings. The summed E-state index contributed by atoms with van der Waals surface area (Å²) in [6.45, 7) is 7.09. The van der Waals surface area contributed by atoms with Gasteiger partial charge in [-0.3, -0.25) is 14.3 Å². The highest BCUT2D eigenvalue weighted by Crippen LogP contribution is 2.29. The summed E-state index contributed by atoms with van der Waals surface area (Å²) in [7, 11) is 1.65. The predicted molar refractivity (Wildman–Crippen MR) is 125 cm³/mol. The Kier molecular flexibility index (Phi) is 8.62. The van der Waals surface area contributed by atoms with E-state index in [9.17, 15) is 0 Å². The lowest BCUT2D eigenvalue weighted by Gasteiger charge is -2.21. The molecule has 10 heteroatoms. The third-order valence-electron chi connectivity index (χ3n) is 4.78.